The number of rotatable bonds is 5. The van der Waals surface area contributed by atoms with Crippen molar-refractivity contribution in [2.24, 2.45) is 5.10 Å². The van der Waals surface area contributed by atoms with Crippen molar-refractivity contribution in [1.82, 2.24) is 15.7 Å². The molecule has 6 nitrogen and oxygen atoms in total. The summed E-state index contributed by atoms with van der Waals surface area (Å²) in [6, 6.07) is 3.62. The van der Waals surface area contributed by atoms with Gasteiger partial charge < -0.3 is 5.32 Å². The van der Waals surface area contributed by atoms with Crippen LogP contribution in [0.5, 0.6) is 0 Å². The van der Waals surface area contributed by atoms with E-state index in [1.54, 1.807) is 25.3 Å². The third-order valence-electron chi connectivity index (χ3n) is 4.16. The second-order valence-corrected chi connectivity index (χ2v) is 6.32. The summed E-state index contributed by atoms with van der Waals surface area (Å²) in [7, 11) is 0. The van der Waals surface area contributed by atoms with Crippen LogP contribution in [0, 0.1) is 0 Å². The predicted molar refractivity (Wildman–Crippen MR) is 93.7 cm³/mol. The Hall–Kier alpha value is -2.24. The van der Waals surface area contributed by atoms with Crippen LogP contribution in [0.25, 0.3) is 0 Å². The molecule has 1 aromatic heterocycles. The van der Waals surface area contributed by atoms with E-state index in [2.05, 4.69) is 20.8 Å². The molecule has 1 heterocycles. The Morgan fingerprint density at radius 3 is 2.58 bits per heavy atom. The zero-order valence-electron chi connectivity index (χ0n) is 14.3. The van der Waals surface area contributed by atoms with Crippen molar-refractivity contribution < 1.29 is 9.59 Å². The molecule has 2 N–H and O–H groups in total. The van der Waals surface area contributed by atoms with Gasteiger partial charge in [0, 0.05) is 24.1 Å². The molecule has 1 fully saturated rings. The van der Waals surface area contributed by atoms with Gasteiger partial charge in [-0.1, -0.05) is 32.1 Å². The number of hydrogen-bond donors (Lipinski definition) is 2. The van der Waals surface area contributed by atoms with E-state index < -0.39 is 0 Å². The number of aromatic nitrogens is 1. The highest BCUT2D eigenvalue weighted by molar-refractivity contribution is 6.01. The van der Waals surface area contributed by atoms with E-state index in [0.29, 0.717) is 11.3 Å². The first-order valence-electron chi connectivity index (χ1n) is 8.68. The molecular weight excluding hydrogens is 304 g/mol. The van der Waals surface area contributed by atoms with Gasteiger partial charge in [-0.25, -0.2) is 5.43 Å². The Morgan fingerprint density at radius 2 is 1.92 bits per heavy atom. The summed E-state index contributed by atoms with van der Waals surface area (Å²) in [6.07, 6.45) is 11.6. The van der Waals surface area contributed by atoms with Crippen molar-refractivity contribution in [3.8, 4) is 0 Å². The first-order valence-corrected chi connectivity index (χ1v) is 8.68. The number of carbonyl (C=O) groups is 2. The normalized spacial score (nSPS) is 16.8. The first-order chi connectivity index (χ1) is 11.6. The first kappa shape index (κ1) is 18.1. The van der Waals surface area contributed by atoms with Gasteiger partial charge >= 0.3 is 0 Å². The predicted octanol–water partition coefficient (Wildman–Crippen LogP) is 2.81. The van der Waals surface area contributed by atoms with Crippen LogP contribution in [0.1, 0.15) is 68.6 Å². The lowest BCUT2D eigenvalue weighted by Crippen LogP contribution is -2.36. The van der Waals surface area contributed by atoms with Gasteiger partial charge in [-0.15, -0.1) is 0 Å². The molecule has 0 atom stereocenters. The lowest BCUT2D eigenvalue weighted by Gasteiger charge is -2.21. The Morgan fingerprint density at radius 1 is 1.21 bits per heavy atom. The number of hydrazone groups is 1. The molecule has 1 aromatic rings. The Balaban J connectivity index is 1.76. The molecule has 130 valence electrons. The van der Waals surface area contributed by atoms with E-state index in [-0.39, 0.29) is 24.3 Å². The van der Waals surface area contributed by atoms with Gasteiger partial charge in [-0.3, -0.25) is 14.6 Å². The number of carbonyl (C=O) groups excluding carboxylic acids is 2. The van der Waals surface area contributed by atoms with Gasteiger partial charge in [0.1, 0.15) is 0 Å². The maximum absolute atomic E-state index is 12.1. The molecule has 0 saturated heterocycles. The average Bonchev–Trinajstić information content (AvgIpc) is 2.56. The molecular formula is C18H26N4O2. The van der Waals surface area contributed by atoms with Crippen molar-refractivity contribution in [2.45, 2.75) is 64.3 Å². The minimum absolute atomic E-state index is 0.0301. The van der Waals surface area contributed by atoms with Gasteiger partial charge in [0.05, 0.1) is 12.0 Å². The second kappa shape index (κ2) is 9.80. The largest absolute Gasteiger partial charge is 0.353 e. The third kappa shape index (κ3) is 6.48. The molecule has 24 heavy (non-hydrogen) atoms. The topological polar surface area (TPSA) is 83.5 Å². The van der Waals surface area contributed by atoms with Gasteiger partial charge in [-0.05, 0) is 31.9 Å². The highest BCUT2D eigenvalue weighted by Crippen LogP contribution is 2.17. The van der Waals surface area contributed by atoms with Crippen molar-refractivity contribution in [3.63, 3.8) is 0 Å². The Bertz CT molecular complexity index is 564. The van der Waals surface area contributed by atoms with E-state index in [4.69, 9.17) is 0 Å². The Labute approximate surface area is 143 Å². The van der Waals surface area contributed by atoms with E-state index >= 15 is 0 Å². The monoisotopic (exact) mass is 330 g/mol. The van der Waals surface area contributed by atoms with Crippen molar-refractivity contribution in [2.75, 3.05) is 0 Å². The number of amides is 2. The molecule has 0 radical (unpaired) electrons. The lowest BCUT2D eigenvalue weighted by atomic mass is 9.96. The Kier molecular flexibility index (Phi) is 7.39. The summed E-state index contributed by atoms with van der Waals surface area (Å²) in [4.78, 5) is 27.9. The van der Waals surface area contributed by atoms with Crippen LogP contribution in [0.4, 0.5) is 0 Å². The summed E-state index contributed by atoms with van der Waals surface area (Å²) in [5.41, 5.74) is 3.47. The molecule has 0 spiro atoms. The molecule has 1 aliphatic rings. The van der Waals surface area contributed by atoms with Crippen LogP contribution in [-0.4, -0.2) is 28.6 Å². The minimum atomic E-state index is -0.331. The van der Waals surface area contributed by atoms with Crippen molar-refractivity contribution in [3.05, 3.63) is 30.1 Å². The molecule has 0 bridgehead atoms. The number of pyridine rings is 1. The second-order valence-electron chi connectivity index (χ2n) is 6.32. The fourth-order valence-electron chi connectivity index (χ4n) is 2.86. The van der Waals surface area contributed by atoms with E-state index in [1.807, 2.05) is 0 Å². The van der Waals surface area contributed by atoms with Gasteiger partial charge in [0.15, 0.2) is 0 Å². The molecule has 6 heteroatoms. The molecule has 2 rings (SSSR count). The maximum Gasteiger partial charge on any atom is 0.272 e. The quantitative estimate of drug-likeness (QED) is 0.643. The van der Waals surface area contributed by atoms with Crippen LogP contribution in [0.2, 0.25) is 0 Å². The molecule has 1 saturated carbocycles. The molecule has 1 aliphatic carbocycles. The summed E-state index contributed by atoms with van der Waals surface area (Å²) < 4.78 is 0. The standard InChI is InChI=1S/C18H26N4O2/c1-14(21-22-18(24)15-8-7-11-19-13-15)12-17(23)20-16-9-5-3-2-4-6-10-16/h7-8,11,13,16H,2-6,9-10,12H2,1H3,(H,20,23)(H,22,24). The number of hydrogen-bond acceptors (Lipinski definition) is 4. The van der Waals surface area contributed by atoms with E-state index in [9.17, 15) is 9.59 Å². The maximum atomic E-state index is 12.1. The van der Waals surface area contributed by atoms with Crippen LogP contribution in [0.15, 0.2) is 29.6 Å². The highest BCUT2D eigenvalue weighted by atomic mass is 16.2. The highest BCUT2D eigenvalue weighted by Gasteiger charge is 2.14. The number of nitrogens with one attached hydrogen (secondary N) is 2. The lowest BCUT2D eigenvalue weighted by molar-refractivity contribution is -0.120. The fraction of sp³-hybridized carbons (Fsp3) is 0.556. The SMILES string of the molecule is CC(CC(=O)NC1CCCCCCC1)=NNC(=O)c1cccnc1. The molecule has 0 aromatic carbocycles. The zero-order valence-corrected chi connectivity index (χ0v) is 14.3. The number of nitrogens with zero attached hydrogens (tertiary/aromatic N) is 2. The summed E-state index contributed by atoms with van der Waals surface area (Å²) in [5, 5.41) is 7.09. The van der Waals surface area contributed by atoms with Crippen LogP contribution in [-0.2, 0) is 4.79 Å². The summed E-state index contributed by atoms with van der Waals surface area (Å²) in [6.45, 7) is 1.74. The molecule has 2 amide bonds. The fourth-order valence-corrected chi connectivity index (χ4v) is 2.86. The third-order valence-corrected chi connectivity index (χ3v) is 4.16. The average molecular weight is 330 g/mol. The van der Waals surface area contributed by atoms with Crippen molar-refractivity contribution in [1.29, 1.82) is 0 Å². The summed E-state index contributed by atoms with van der Waals surface area (Å²) >= 11 is 0. The van der Waals surface area contributed by atoms with Crippen LogP contribution < -0.4 is 10.7 Å². The van der Waals surface area contributed by atoms with Crippen LogP contribution >= 0.6 is 0 Å². The van der Waals surface area contributed by atoms with E-state index in [0.717, 1.165) is 12.8 Å². The zero-order chi connectivity index (χ0) is 17.2. The molecule has 0 unspecified atom stereocenters. The molecule has 0 aliphatic heterocycles. The van der Waals surface area contributed by atoms with Crippen molar-refractivity contribution >= 4 is 17.5 Å². The minimum Gasteiger partial charge on any atom is -0.353 e. The van der Waals surface area contributed by atoms with E-state index in [1.165, 1.54) is 38.3 Å². The van der Waals surface area contributed by atoms with Crippen LogP contribution in [0.3, 0.4) is 0 Å². The smallest absolute Gasteiger partial charge is 0.272 e. The van der Waals surface area contributed by atoms with Gasteiger partial charge in [0.2, 0.25) is 5.91 Å². The van der Waals surface area contributed by atoms with Gasteiger partial charge in [-0.2, -0.15) is 5.10 Å². The van der Waals surface area contributed by atoms with Gasteiger partial charge in [0.25, 0.3) is 5.91 Å². The summed E-state index contributed by atoms with van der Waals surface area (Å²) in [5.74, 6) is -0.361.